The molecule has 0 spiro atoms. The Morgan fingerprint density at radius 2 is 1.83 bits per heavy atom. The molecule has 30 heavy (non-hydrogen) atoms. The molecular formula is C19H39IN4O5S. The van der Waals surface area contributed by atoms with Gasteiger partial charge in [-0.15, -0.1) is 24.0 Å². The van der Waals surface area contributed by atoms with Crippen LogP contribution in [0.25, 0.3) is 0 Å². The highest BCUT2D eigenvalue weighted by atomic mass is 127. The van der Waals surface area contributed by atoms with Gasteiger partial charge in [0.05, 0.1) is 24.4 Å². The van der Waals surface area contributed by atoms with Gasteiger partial charge in [-0.2, -0.15) is 0 Å². The first-order valence-corrected chi connectivity index (χ1v) is 12.0. The van der Waals surface area contributed by atoms with Crippen molar-refractivity contribution in [2.75, 3.05) is 31.1 Å². The lowest BCUT2D eigenvalue weighted by atomic mass is 10.1. The fourth-order valence-corrected chi connectivity index (χ4v) is 3.79. The molecule has 2 unspecified atom stereocenters. The van der Waals surface area contributed by atoms with E-state index in [4.69, 9.17) is 9.47 Å². The summed E-state index contributed by atoms with van der Waals surface area (Å²) in [6.45, 7) is 15.8. The number of guanidine groups is 1. The van der Waals surface area contributed by atoms with Crippen LogP contribution in [-0.2, 0) is 19.3 Å². The predicted molar refractivity (Wildman–Crippen MR) is 130 cm³/mol. The van der Waals surface area contributed by atoms with Gasteiger partial charge >= 0.3 is 6.09 Å². The monoisotopic (exact) mass is 562 g/mol. The van der Waals surface area contributed by atoms with Crippen LogP contribution >= 0.6 is 24.0 Å². The van der Waals surface area contributed by atoms with Crippen LogP contribution in [0.15, 0.2) is 4.99 Å². The smallest absolute Gasteiger partial charge is 0.412 e. The minimum Gasteiger partial charge on any atom is -0.444 e. The summed E-state index contributed by atoms with van der Waals surface area (Å²) in [6.07, 6.45) is -0.677. The molecule has 0 aromatic heterocycles. The quantitative estimate of drug-likeness (QED) is 0.279. The third-order valence-corrected chi connectivity index (χ3v) is 6.15. The number of ether oxygens (including phenoxy) is 2. The number of nitrogens with zero attached hydrogens (tertiary/aromatic N) is 2. The molecule has 1 fully saturated rings. The number of hydrogen-bond donors (Lipinski definition) is 2. The third-order valence-electron chi connectivity index (χ3n) is 4.44. The lowest BCUT2D eigenvalue weighted by molar-refractivity contribution is -0.0755. The summed E-state index contributed by atoms with van der Waals surface area (Å²) in [5.74, 6) is 0.646. The zero-order valence-corrected chi connectivity index (χ0v) is 22.6. The van der Waals surface area contributed by atoms with E-state index < -0.39 is 27.3 Å². The number of carbonyl (C=O) groups is 1. The molecule has 2 N–H and O–H groups in total. The Balaban J connectivity index is 0.00000841. The first kappa shape index (κ1) is 29.2. The van der Waals surface area contributed by atoms with E-state index in [9.17, 15) is 13.2 Å². The second-order valence-corrected chi connectivity index (χ2v) is 11.0. The van der Waals surface area contributed by atoms with Crippen molar-refractivity contribution in [3.8, 4) is 0 Å². The van der Waals surface area contributed by atoms with Crippen LogP contribution in [0.5, 0.6) is 0 Å². The van der Waals surface area contributed by atoms with E-state index in [0.29, 0.717) is 19.0 Å². The van der Waals surface area contributed by atoms with Gasteiger partial charge in [0.25, 0.3) is 0 Å². The van der Waals surface area contributed by atoms with Crippen molar-refractivity contribution >= 4 is 45.9 Å². The third kappa shape index (κ3) is 9.13. The first-order chi connectivity index (χ1) is 13.2. The molecule has 1 heterocycles. The molecule has 0 aromatic carbocycles. The SMILES string of the molecule is CCNC(=NCC1C(C)OC(C)(C)N1C(=O)OC(C)(C)C)NCCS(=O)(=O)CC.I. The van der Waals surface area contributed by atoms with Crippen LogP contribution in [0.3, 0.4) is 0 Å². The molecule has 178 valence electrons. The molecule has 0 saturated carbocycles. The zero-order valence-electron chi connectivity index (χ0n) is 19.4. The van der Waals surface area contributed by atoms with E-state index in [2.05, 4.69) is 15.6 Å². The molecule has 0 aliphatic carbocycles. The van der Waals surface area contributed by atoms with Crippen molar-refractivity contribution in [2.24, 2.45) is 4.99 Å². The van der Waals surface area contributed by atoms with Crippen molar-refractivity contribution in [1.82, 2.24) is 15.5 Å². The summed E-state index contributed by atoms with van der Waals surface area (Å²) in [5, 5.41) is 6.13. The minimum absolute atomic E-state index is 0. The number of amides is 1. The van der Waals surface area contributed by atoms with Gasteiger partial charge in [0, 0.05) is 18.8 Å². The maximum Gasteiger partial charge on any atom is 0.412 e. The number of aliphatic imine (C=N–C) groups is 1. The maximum absolute atomic E-state index is 12.8. The molecule has 1 aliphatic heterocycles. The Bertz CT molecular complexity index is 692. The van der Waals surface area contributed by atoms with Gasteiger partial charge in [0.15, 0.2) is 15.8 Å². The summed E-state index contributed by atoms with van der Waals surface area (Å²) < 4.78 is 34.9. The summed E-state index contributed by atoms with van der Waals surface area (Å²) in [7, 11) is -3.06. The molecule has 0 bridgehead atoms. The standard InChI is InChI=1S/C19H38N4O5S.HI/c1-9-20-16(21-11-12-29(25,26)10-2)22-13-15-14(3)27-19(7,8)23(15)17(24)28-18(4,5)6;/h14-15H,9-13H2,1-8H3,(H2,20,21,22);1H. The molecule has 1 aliphatic rings. The van der Waals surface area contributed by atoms with E-state index in [1.807, 2.05) is 48.5 Å². The Kier molecular flexibility index (Phi) is 11.4. The van der Waals surface area contributed by atoms with E-state index >= 15 is 0 Å². The first-order valence-electron chi connectivity index (χ1n) is 10.1. The van der Waals surface area contributed by atoms with Gasteiger partial charge in [-0.3, -0.25) is 9.89 Å². The Morgan fingerprint density at radius 1 is 1.23 bits per heavy atom. The molecule has 0 radical (unpaired) electrons. The molecule has 0 aromatic rings. The summed E-state index contributed by atoms with van der Waals surface area (Å²) in [5.41, 5.74) is -1.43. The van der Waals surface area contributed by atoms with E-state index in [-0.39, 0.29) is 54.2 Å². The van der Waals surface area contributed by atoms with Crippen LogP contribution in [0.1, 0.15) is 55.4 Å². The molecule has 1 amide bonds. The Hall–Kier alpha value is -0.820. The van der Waals surface area contributed by atoms with Crippen LogP contribution < -0.4 is 10.6 Å². The van der Waals surface area contributed by atoms with Crippen molar-refractivity contribution in [3.63, 3.8) is 0 Å². The molecule has 1 saturated heterocycles. The number of rotatable bonds is 7. The zero-order chi connectivity index (χ0) is 22.5. The number of nitrogens with one attached hydrogen (secondary N) is 2. The Morgan fingerprint density at radius 3 is 2.33 bits per heavy atom. The fraction of sp³-hybridized carbons (Fsp3) is 0.895. The highest BCUT2D eigenvalue weighted by molar-refractivity contribution is 14.0. The number of sulfone groups is 1. The lowest BCUT2D eigenvalue weighted by Crippen LogP contribution is -2.51. The topological polar surface area (TPSA) is 109 Å². The largest absolute Gasteiger partial charge is 0.444 e. The summed E-state index contributed by atoms with van der Waals surface area (Å²) in [6, 6.07) is -0.310. The maximum atomic E-state index is 12.8. The van der Waals surface area contributed by atoms with Crippen LogP contribution in [-0.4, -0.2) is 80.0 Å². The van der Waals surface area contributed by atoms with Gasteiger partial charge in [0.2, 0.25) is 0 Å². The molecule has 2 atom stereocenters. The lowest BCUT2D eigenvalue weighted by Gasteiger charge is -2.34. The minimum atomic E-state index is -3.06. The molecule has 9 nitrogen and oxygen atoms in total. The Labute approximate surface area is 198 Å². The average molecular weight is 563 g/mol. The highest BCUT2D eigenvalue weighted by Gasteiger charge is 2.49. The van der Waals surface area contributed by atoms with Crippen molar-refractivity contribution in [1.29, 1.82) is 0 Å². The van der Waals surface area contributed by atoms with Crippen LogP contribution in [0, 0.1) is 0 Å². The van der Waals surface area contributed by atoms with Crippen molar-refractivity contribution < 1.29 is 22.7 Å². The second-order valence-electron chi connectivity index (χ2n) is 8.57. The summed E-state index contributed by atoms with van der Waals surface area (Å²) >= 11 is 0. The van der Waals surface area contributed by atoms with E-state index in [1.54, 1.807) is 11.8 Å². The van der Waals surface area contributed by atoms with Gasteiger partial charge < -0.3 is 20.1 Å². The van der Waals surface area contributed by atoms with Gasteiger partial charge in [-0.05, 0) is 48.5 Å². The van der Waals surface area contributed by atoms with Crippen molar-refractivity contribution in [2.45, 2.75) is 78.9 Å². The second kappa shape index (κ2) is 11.7. The normalized spacial score (nSPS) is 21.7. The molecule has 11 heteroatoms. The van der Waals surface area contributed by atoms with E-state index in [0.717, 1.165) is 0 Å². The van der Waals surface area contributed by atoms with Gasteiger partial charge in [-0.25, -0.2) is 13.2 Å². The summed E-state index contributed by atoms with van der Waals surface area (Å²) in [4.78, 5) is 18.9. The van der Waals surface area contributed by atoms with E-state index in [1.165, 1.54) is 0 Å². The van der Waals surface area contributed by atoms with Crippen LogP contribution in [0.4, 0.5) is 4.79 Å². The van der Waals surface area contributed by atoms with Gasteiger partial charge in [-0.1, -0.05) is 6.92 Å². The van der Waals surface area contributed by atoms with Gasteiger partial charge in [0.1, 0.15) is 11.3 Å². The highest BCUT2D eigenvalue weighted by Crippen LogP contribution is 2.33. The number of halogens is 1. The molecule has 1 rings (SSSR count). The van der Waals surface area contributed by atoms with Crippen LogP contribution in [0.2, 0.25) is 0 Å². The van der Waals surface area contributed by atoms with Crippen molar-refractivity contribution in [3.05, 3.63) is 0 Å². The average Bonchev–Trinajstić information content (AvgIpc) is 2.79. The number of hydrogen-bond acceptors (Lipinski definition) is 6. The predicted octanol–water partition coefficient (Wildman–Crippen LogP) is 2.35. The number of carbonyl (C=O) groups excluding carboxylic acids is 1. The fourth-order valence-electron chi connectivity index (χ4n) is 3.09. The molecular weight excluding hydrogens is 523 g/mol.